The molecule has 0 heterocycles. The highest BCUT2D eigenvalue weighted by atomic mass is 32.2. The van der Waals surface area contributed by atoms with Gasteiger partial charge < -0.3 is 0 Å². The van der Waals surface area contributed by atoms with Crippen LogP contribution in [-0.4, -0.2) is 16.9 Å². The predicted molar refractivity (Wildman–Crippen MR) is 119 cm³/mol. The van der Waals surface area contributed by atoms with Crippen molar-refractivity contribution in [1.82, 2.24) is 0 Å². The molecular formula is C23H48O3S. The van der Waals surface area contributed by atoms with Gasteiger partial charge in [-0.05, 0) is 19.8 Å². The quantitative estimate of drug-likeness (QED) is 0.171. The maximum atomic E-state index is 11.6. The molecule has 0 saturated heterocycles. The lowest BCUT2D eigenvalue weighted by atomic mass is 10.0. The largest absolute Gasteiger partial charge is 0.304 e. The van der Waals surface area contributed by atoms with E-state index >= 15 is 0 Å². The third-order valence-electron chi connectivity index (χ3n) is 5.12. The summed E-state index contributed by atoms with van der Waals surface area (Å²) in [5.41, 5.74) is 0. The van der Waals surface area contributed by atoms with Crippen molar-refractivity contribution in [3.63, 3.8) is 0 Å². The van der Waals surface area contributed by atoms with Crippen LogP contribution in [-0.2, 0) is 19.7 Å². The van der Waals surface area contributed by atoms with Crippen molar-refractivity contribution in [3.05, 3.63) is 0 Å². The maximum absolute atomic E-state index is 11.6. The number of rotatable bonds is 22. The van der Waals surface area contributed by atoms with Crippen molar-refractivity contribution < 1.29 is 12.6 Å². The summed E-state index contributed by atoms with van der Waals surface area (Å²) in [6.07, 6.45) is 23.7. The van der Waals surface area contributed by atoms with Gasteiger partial charge in [0.05, 0.1) is 12.7 Å². The van der Waals surface area contributed by atoms with Gasteiger partial charge in [-0.15, -0.1) is 0 Å². The van der Waals surface area contributed by atoms with E-state index < -0.39 is 11.4 Å². The Balaban J connectivity index is 3.13. The smallest absolute Gasteiger partial charge is 0.268 e. The molecule has 27 heavy (non-hydrogen) atoms. The predicted octanol–water partition coefficient (Wildman–Crippen LogP) is 8.05. The van der Waals surface area contributed by atoms with Gasteiger partial charge in [-0.2, -0.15) is 4.21 Å². The van der Waals surface area contributed by atoms with Gasteiger partial charge in [0.1, 0.15) is 0 Å². The Labute approximate surface area is 173 Å². The fourth-order valence-corrected chi connectivity index (χ4v) is 4.07. The van der Waals surface area contributed by atoms with E-state index in [0.717, 1.165) is 19.3 Å². The minimum absolute atomic E-state index is 0.0154. The van der Waals surface area contributed by atoms with Crippen molar-refractivity contribution in [2.75, 3.05) is 6.61 Å². The summed E-state index contributed by atoms with van der Waals surface area (Å²) in [4.78, 5) is 0. The van der Waals surface area contributed by atoms with Crippen LogP contribution in [0.25, 0.3) is 0 Å². The Bertz CT molecular complexity index is 310. The van der Waals surface area contributed by atoms with Gasteiger partial charge in [0.15, 0.2) is 0 Å². The van der Waals surface area contributed by atoms with Gasteiger partial charge >= 0.3 is 11.4 Å². The van der Waals surface area contributed by atoms with Gasteiger partial charge in [0, 0.05) is 0 Å². The molecule has 0 aliphatic rings. The Morgan fingerprint density at radius 1 is 0.630 bits per heavy atom. The highest BCUT2D eigenvalue weighted by molar-refractivity contribution is 7.75. The van der Waals surface area contributed by atoms with Crippen LogP contribution >= 0.6 is 0 Å². The Morgan fingerprint density at radius 2 is 1.04 bits per heavy atom. The molecule has 0 fully saturated rings. The summed E-state index contributed by atoms with van der Waals surface area (Å²) in [6.45, 7) is 6.87. The monoisotopic (exact) mass is 404 g/mol. The zero-order valence-corrected chi connectivity index (χ0v) is 19.5. The highest BCUT2D eigenvalue weighted by Crippen LogP contribution is 2.14. The number of hydrogen-bond donors (Lipinski definition) is 0. The SMILES string of the molecule is CCCCCCCCCCCCCCCCCCOS(=O)OC(C)CCC. The van der Waals surface area contributed by atoms with Crippen LogP contribution in [0, 0.1) is 0 Å². The first kappa shape index (κ1) is 27.1. The molecular weight excluding hydrogens is 356 g/mol. The normalized spacial score (nSPS) is 13.7. The average molecular weight is 405 g/mol. The second-order valence-electron chi connectivity index (χ2n) is 8.02. The number of unbranched alkanes of at least 4 members (excludes halogenated alkanes) is 15. The summed E-state index contributed by atoms with van der Waals surface area (Å²) in [5.74, 6) is 0. The minimum Gasteiger partial charge on any atom is -0.268 e. The van der Waals surface area contributed by atoms with Gasteiger partial charge in [-0.3, -0.25) is 8.37 Å². The first-order chi connectivity index (χ1) is 13.2. The van der Waals surface area contributed by atoms with E-state index in [4.69, 9.17) is 8.37 Å². The first-order valence-corrected chi connectivity index (χ1v) is 12.9. The Kier molecular flexibility index (Phi) is 22.4. The van der Waals surface area contributed by atoms with Crippen molar-refractivity contribution in [2.24, 2.45) is 0 Å². The van der Waals surface area contributed by atoms with Crippen LogP contribution in [0.15, 0.2) is 0 Å². The molecule has 164 valence electrons. The molecule has 0 spiro atoms. The topological polar surface area (TPSA) is 35.5 Å². The standard InChI is InChI=1S/C23H48O3S/c1-4-6-7-8-9-10-11-12-13-14-15-16-17-18-19-20-22-25-27(24)26-23(3)21-5-2/h23H,4-22H2,1-3H3. The van der Waals surface area contributed by atoms with Crippen molar-refractivity contribution in [1.29, 1.82) is 0 Å². The van der Waals surface area contributed by atoms with E-state index in [0.29, 0.717) is 6.61 Å². The molecule has 0 aromatic rings. The molecule has 0 aliphatic heterocycles. The molecule has 0 aromatic heterocycles. The van der Waals surface area contributed by atoms with E-state index in [9.17, 15) is 4.21 Å². The van der Waals surface area contributed by atoms with Crippen LogP contribution in [0.2, 0.25) is 0 Å². The second kappa shape index (κ2) is 22.4. The number of hydrogen-bond acceptors (Lipinski definition) is 3. The van der Waals surface area contributed by atoms with Crippen molar-refractivity contribution in [2.45, 2.75) is 142 Å². The molecule has 0 bridgehead atoms. The molecule has 0 N–H and O–H groups in total. The van der Waals surface area contributed by atoms with Crippen molar-refractivity contribution >= 4 is 11.4 Å². The molecule has 0 rings (SSSR count). The fraction of sp³-hybridized carbons (Fsp3) is 1.00. The lowest BCUT2D eigenvalue weighted by Gasteiger charge is -2.10. The molecule has 2 unspecified atom stereocenters. The zero-order valence-electron chi connectivity index (χ0n) is 18.6. The minimum atomic E-state index is -1.57. The van der Waals surface area contributed by atoms with Crippen LogP contribution < -0.4 is 0 Å². The van der Waals surface area contributed by atoms with Crippen LogP contribution in [0.5, 0.6) is 0 Å². The van der Waals surface area contributed by atoms with Gasteiger partial charge in [-0.1, -0.05) is 117 Å². The van der Waals surface area contributed by atoms with E-state index in [2.05, 4.69) is 13.8 Å². The van der Waals surface area contributed by atoms with Gasteiger partial charge in [-0.25, -0.2) is 0 Å². The second-order valence-corrected chi connectivity index (χ2v) is 8.86. The van der Waals surface area contributed by atoms with Crippen LogP contribution in [0.3, 0.4) is 0 Å². The first-order valence-electron chi connectivity index (χ1n) is 11.9. The van der Waals surface area contributed by atoms with E-state index in [1.54, 1.807) is 0 Å². The highest BCUT2D eigenvalue weighted by Gasteiger charge is 2.07. The van der Waals surface area contributed by atoms with Gasteiger partial charge in [0.2, 0.25) is 0 Å². The summed E-state index contributed by atoms with van der Waals surface area (Å²) >= 11 is -1.57. The van der Waals surface area contributed by atoms with Crippen LogP contribution in [0.1, 0.15) is 136 Å². The molecule has 3 nitrogen and oxygen atoms in total. The third-order valence-corrected chi connectivity index (χ3v) is 5.96. The molecule has 0 radical (unpaired) electrons. The average Bonchev–Trinajstić information content (AvgIpc) is 2.64. The molecule has 2 atom stereocenters. The Morgan fingerprint density at radius 3 is 1.44 bits per heavy atom. The molecule has 4 heteroatoms. The molecule has 0 amide bonds. The lowest BCUT2D eigenvalue weighted by Crippen LogP contribution is -2.12. The molecule has 0 aliphatic carbocycles. The maximum Gasteiger partial charge on any atom is 0.304 e. The van der Waals surface area contributed by atoms with Gasteiger partial charge in [0.25, 0.3) is 0 Å². The summed E-state index contributed by atoms with van der Waals surface area (Å²) in [5, 5.41) is 0. The summed E-state index contributed by atoms with van der Waals surface area (Å²) in [6, 6.07) is 0. The summed E-state index contributed by atoms with van der Waals surface area (Å²) < 4.78 is 22.1. The van der Waals surface area contributed by atoms with Crippen molar-refractivity contribution in [3.8, 4) is 0 Å². The Hall–Kier alpha value is 0.0700. The zero-order chi connectivity index (χ0) is 20.0. The van der Waals surface area contributed by atoms with E-state index in [1.807, 2.05) is 6.92 Å². The third kappa shape index (κ3) is 22.2. The van der Waals surface area contributed by atoms with E-state index in [-0.39, 0.29) is 6.10 Å². The molecule has 0 aromatic carbocycles. The van der Waals surface area contributed by atoms with E-state index in [1.165, 1.54) is 96.3 Å². The fourth-order valence-electron chi connectivity index (χ4n) is 3.39. The lowest BCUT2D eigenvalue weighted by molar-refractivity contribution is 0.185. The molecule has 0 saturated carbocycles. The van der Waals surface area contributed by atoms with Crippen LogP contribution in [0.4, 0.5) is 0 Å². The summed E-state index contributed by atoms with van der Waals surface area (Å²) in [7, 11) is 0.